The van der Waals surface area contributed by atoms with Gasteiger partial charge in [-0.2, -0.15) is 0 Å². The van der Waals surface area contributed by atoms with Gasteiger partial charge in [0.15, 0.2) is 0 Å². The van der Waals surface area contributed by atoms with Gasteiger partial charge in [-0.25, -0.2) is 4.98 Å². The molecule has 5 heteroatoms. The Kier molecular flexibility index (Phi) is 4.32. The molecule has 1 unspecified atom stereocenters. The zero-order valence-corrected chi connectivity index (χ0v) is 12.4. The number of likely N-dealkylation sites (tertiary alicyclic amines) is 1. The first-order chi connectivity index (χ1) is 10.7. The number of imide groups is 1. The molecular weight excluding hydrogens is 278 g/mol. The molecular formula is C17H19N3O2. The highest BCUT2D eigenvalue weighted by molar-refractivity contribution is 6.03. The number of hydrogen-bond acceptors (Lipinski definition) is 3. The van der Waals surface area contributed by atoms with Crippen LogP contribution in [0.15, 0.2) is 49.1 Å². The Morgan fingerprint density at radius 2 is 1.95 bits per heavy atom. The average molecular weight is 297 g/mol. The van der Waals surface area contributed by atoms with Gasteiger partial charge < -0.3 is 4.57 Å². The van der Waals surface area contributed by atoms with E-state index in [1.165, 1.54) is 4.90 Å². The minimum absolute atomic E-state index is 0.0283. The van der Waals surface area contributed by atoms with E-state index in [9.17, 15) is 9.59 Å². The number of aromatic nitrogens is 2. The number of imidazole rings is 1. The number of hydrogen-bond donors (Lipinski definition) is 0. The molecule has 1 fully saturated rings. The molecule has 0 saturated carbocycles. The Hall–Kier alpha value is -2.43. The summed E-state index contributed by atoms with van der Waals surface area (Å²) in [6.07, 6.45) is 7.08. The van der Waals surface area contributed by atoms with Crippen LogP contribution in [0.1, 0.15) is 18.4 Å². The van der Waals surface area contributed by atoms with E-state index in [0.717, 1.165) is 18.5 Å². The van der Waals surface area contributed by atoms with E-state index in [1.54, 1.807) is 12.5 Å². The smallest absolute Gasteiger partial charge is 0.233 e. The van der Waals surface area contributed by atoms with E-state index >= 15 is 0 Å². The van der Waals surface area contributed by atoms with E-state index in [1.807, 2.05) is 41.1 Å². The highest BCUT2D eigenvalue weighted by Crippen LogP contribution is 2.23. The Balaban J connectivity index is 1.54. The molecule has 0 N–H and O–H groups in total. The van der Waals surface area contributed by atoms with Gasteiger partial charge in [0.05, 0.1) is 12.2 Å². The second-order valence-electron chi connectivity index (χ2n) is 5.63. The summed E-state index contributed by atoms with van der Waals surface area (Å²) in [4.78, 5) is 29.9. The first-order valence-electron chi connectivity index (χ1n) is 7.58. The molecule has 22 heavy (non-hydrogen) atoms. The topological polar surface area (TPSA) is 55.2 Å². The molecule has 1 aliphatic heterocycles. The van der Waals surface area contributed by atoms with Crippen LogP contribution >= 0.6 is 0 Å². The zero-order chi connectivity index (χ0) is 15.4. The molecule has 0 radical (unpaired) electrons. The molecule has 1 aromatic heterocycles. The van der Waals surface area contributed by atoms with Crippen molar-refractivity contribution in [3.8, 4) is 0 Å². The van der Waals surface area contributed by atoms with Crippen LogP contribution in [0, 0.1) is 5.92 Å². The van der Waals surface area contributed by atoms with Gasteiger partial charge in [-0.1, -0.05) is 30.3 Å². The van der Waals surface area contributed by atoms with Gasteiger partial charge in [-0.05, 0) is 18.4 Å². The summed E-state index contributed by atoms with van der Waals surface area (Å²) in [5, 5.41) is 0. The van der Waals surface area contributed by atoms with E-state index in [-0.39, 0.29) is 17.7 Å². The minimum atomic E-state index is -0.205. The molecule has 0 spiro atoms. The van der Waals surface area contributed by atoms with E-state index in [2.05, 4.69) is 4.98 Å². The van der Waals surface area contributed by atoms with Gasteiger partial charge in [-0.3, -0.25) is 14.5 Å². The minimum Gasteiger partial charge on any atom is -0.337 e. The highest BCUT2D eigenvalue weighted by Gasteiger charge is 2.37. The maximum atomic E-state index is 12.4. The first-order valence-corrected chi connectivity index (χ1v) is 7.58. The number of rotatable bonds is 6. The lowest BCUT2D eigenvalue weighted by Crippen LogP contribution is -2.32. The second-order valence-corrected chi connectivity index (χ2v) is 5.63. The molecule has 0 bridgehead atoms. The van der Waals surface area contributed by atoms with Crippen molar-refractivity contribution in [1.82, 2.24) is 14.5 Å². The number of nitrogens with zero attached hydrogens (tertiary/aromatic N) is 3. The van der Waals surface area contributed by atoms with Gasteiger partial charge in [-0.15, -0.1) is 0 Å². The maximum absolute atomic E-state index is 12.4. The summed E-state index contributed by atoms with van der Waals surface area (Å²) in [5.41, 5.74) is 1.11. The normalized spacial score (nSPS) is 18.2. The lowest BCUT2D eigenvalue weighted by atomic mass is 9.98. The Bertz CT molecular complexity index is 637. The molecule has 1 aromatic carbocycles. The van der Waals surface area contributed by atoms with E-state index in [4.69, 9.17) is 0 Å². The molecule has 1 aliphatic rings. The van der Waals surface area contributed by atoms with Crippen LogP contribution in [0.3, 0.4) is 0 Å². The quantitative estimate of drug-likeness (QED) is 0.765. The molecule has 1 saturated heterocycles. The number of carbonyl (C=O) groups excluding carboxylic acids is 2. The van der Waals surface area contributed by atoms with Crippen LogP contribution < -0.4 is 0 Å². The zero-order valence-electron chi connectivity index (χ0n) is 12.4. The summed E-state index contributed by atoms with van der Waals surface area (Å²) < 4.78 is 1.95. The van der Waals surface area contributed by atoms with Crippen LogP contribution in [-0.2, 0) is 22.6 Å². The van der Waals surface area contributed by atoms with Crippen LogP contribution in [0.25, 0.3) is 0 Å². The lowest BCUT2D eigenvalue weighted by Gasteiger charge is -2.15. The summed E-state index contributed by atoms with van der Waals surface area (Å²) in [5.74, 6) is -0.279. The number of amides is 2. The second kappa shape index (κ2) is 6.56. The van der Waals surface area contributed by atoms with E-state index in [0.29, 0.717) is 19.4 Å². The predicted octanol–water partition coefficient (Wildman–Crippen LogP) is 1.89. The van der Waals surface area contributed by atoms with Crippen molar-refractivity contribution in [2.24, 2.45) is 5.92 Å². The average Bonchev–Trinajstić information content (AvgIpc) is 3.12. The van der Waals surface area contributed by atoms with Crippen molar-refractivity contribution in [2.75, 3.05) is 6.54 Å². The molecule has 0 aliphatic carbocycles. The monoisotopic (exact) mass is 297 g/mol. The molecule has 2 amide bonds. The molecule has 1 atom stereocenters. The van der Waals surface area contributed by atoms with Gasteiger partial charge >= 0.3 is 0 Å². The third kappa shape index (κ3) is 3.24. The van der Waals surface area contributed by atoms with Crippen molar-refractivity contribution >= 4 is 11.8 Å². The SMILES string of the molecule is O=C1CC(Cc2ccccc2)C(=O)N1CCCn1ccnc1. The third-order valence-corrected chi connectivity index (χ3v) is 4.02. The van der Waals surface area contributed by atoms with Crippen LogP contribution in [0.5, 0.6) is 0 Å². The fourth-order valence-corrected chi connectivity index (χ4v) is 2.87. The lowest BCUT2D eigenvalue weighted by molar-refractivity contribution is -0.139. The molecule has 3 rings (SSSR count). The fourth-order valence-electron chi connectivity index (χ4n) is 2.87. The Morgan fingerprint density at radius 1 is 1.14 bits per heavy atom. The van der Waals surface area contributed by atoms with Gasteiger partial charge in [0.2, 0.25) is 11.8 Å². The van der Waals surface area contributed by atoms with E-state index < -0.39 is 0 Å². The molecule has 114 valence electrons. The van der Waals surface area contributed by atoms with Crippen molar-refractivity contribution in [3.05, 3.63) is 54.6 Å². The summed E-state index contributed by atoms with van der Waals surface area (Å²) in [6, 6.07) is 9.87. The third-order valence-electron chi connectivity index (χ3n) is 4.02. The largest absolute Gasteiger partial charge is 0.337 e. The van der Waals surface area contributed by atoms with Crippen molar-refractivity contribution in [2.45, 2.75) is 25.8 Å². The van der Waals surface area contributed by atoms with Crippen molar-refractivity contribution < 1.29 is 9.59 Å². The predicted molar refractivity (Wildman–Crippen MR) is 81.8 cm³/mol. The van der Waals surface area contributed by atoms with Gasteiger partial charge in [0, 0.05) is 31.9 Å². The number of aryl methyl sites for hydroxylation is 1. The van der Waals surface area contributed by atoms with Gasteiger partial charge in [0.1, 0.15) is 0 Å². The van der Waals surface area contributed by atoms with Crippen molar-refractivity contribution in [3.63, 3.8) is 0 Å². The van der Waals surface area contributed by atoms with Crippen molar-refractivity contribution in [1.29, 1.82) is 0 Å². The fraction of sp³-hybridized carbons (Fsp3) is 0.353. The summed E-state index contributed by atoms with van der Waals surface area (Å²) in [7, 11) is 0. The maximum Gasteiger partial charge on any atom is 0.233 e. The Labute approximate surface area is 129 Å². The first kappa shape index (κ1) is 14.5. The molecule has 2 heterocycles. The van der Waals surface area contributed by atoms with Crippen LogP contribution in [0.4, 0.5) is 0 Å². The number of carbonyl (C=O) groups is 2. The summed E-state index contributed by atoms with van der Waals surface area (Å²) >= 11 is 0. The summed E-state index contributed by atoms with van der Waals surface area (Å²) in [6.45, 7) is 1.25. The van der Waals surface area contributed by atoms with Crippen LogP contribution in [-0.4, -0.2) is 32.8 Å². The van der Waals surface area contributed by atoms with Crippen LogP contribution in [0.2, 0.25) is 0 Å². The highest BCUT2D eigenvalue weighted by atomic mass is 16.2. The Morgan fingerprint density at radius 3 is 2.68 bits per heavy atom. The molecule has 2 aromatic rings. The standard InChI is InChI=1S/C17H19N3O2/c21-16-12-15(11-14-5-2-1-3-6-14)17(22)20(16)9-4-8-19-10-7-18-13-19/h1-3,5-7,10,13,15H,4,8-9,11-12H2. The molecule has 5 nitrogen and oxygen atoms in total. The number of benzene rings is 1. The van der Waals surface area contributed by atoms with Gasteiger partial charge in [0.25, 0.3) is 0 Å².